The van der Waals surface area contributed by atoms with Crippen molar-refractivity contribution in [1.29, 1.82) is 0 Å². The van der Waals surface area contributed by atoms with Crippen molar-refractivity contribution in [3.05, 3.63) is 105 Å². The molecule has 4 rings (SSSR count). The minimum absolute atomic E-state index is 0.0158. The second-order valence-electron chi connectivity index (χ2n) is 9.47. The molecule has 1 fully saturated rings. The lowest BCUT2D eigenvalue weighted by Crippen LogP contribution is -2.54. The Morgan fingerprint density at radius 2 is 1.76 bits per heavy atom. The number of amides is 4. The quantitative estimate of drug-likeness (QED) is 0.0704. The van der Waals surface area contributed by atoms with Crippen LogP contribution in [0.3, 0.4) is 0 Å². The van der Waals surface area contributed by atoms with Crippen LogP contribution in [0.1, 0.15) is 34.0 Å². The van der Waals surface area contributed by atoms with Gasteiger partial charge in [0.25, 0.3) is 11.8 Å². The van der Waals surface area contributed by atoms with Crippen molar-refractivity contribution in [3.63, 3.8) is 0 Å². The number of alkyl halides is 3. The summed E-state index contributed by atoms with van der Waals surface area (Å²) < 4.78 is 55.8. The first kappa shape index (κ1) is 32.9. The number of nitro benzene ring substituents is 1. The van der Waals surface area contributed by atoms with Crippen LogP contribution in [0.25, 0.3) is 6.08 Å². The zero-order chi connectivity index (χ0) is 33.8. The zero-order valence-electron chi connectivity index (χ0n) is 24.2. The Bertz CT molecular complexity index is 1780. The number of carbonyl (C=O) groups excluding carboxylic acids is 4. The minimum Gasteiger partial charge on any atom is -0.490 e. The van der Waals surface area contributed by atoms with E-state index in [1.165, 1.54) is 55.7 Å². The number of allylic oxidation sites excluding steroid dienone is 1. The molecule has 238 valence electrons. The average Bonchev–Trinajstić information content (AvgIpc) is 3.00. The molecule has 0 aliphatic carbocycles. The third kappa shape index (κ3) is 6.88. The van der Waals surface area contributed by atoms with E-state index in [-0.39, 0.29) is 46.9 Å². The fourth-order valence-electron chi connectivity index (χ4n) is 4.41. The maximum atomic E-state index is 13.4. The molecule has 1 aliphatic heterocycles. The normalized spacial score (nSPS) is 14.2. The fraction of sp³-hybridized carbons (Fsp3) is 0.161. The second-order valence-corrected chi connectivity index (χ2v) is 9.47. The van der Waals surface area contributed by atoms with Crippen LogP contribution >= 0.6 is 0 Å². The van der Waals surface area contributed by atoms with Gasteiger partial charge >= 0.3 is 23.9 Å². The number of methoxy groups -OCH3 is 1. The number of barbiturate groups is 1. The predicted octanol–water partition coefficient (Wildman–Crippen LogP) is 5.99. The molecule has 0 saturated carbocycles. The van der Waals surface area contributed by atoms with Gasteiger partial charge in [-0.15, -0.1) is 6.58 Å². The first-order valence-corrected chi connectivity index (χ1v) is 13.3. The summed E-state index contributed by atoms with van der Waals surface area (Å²) in [6.45, 7) is 5.35. The lowest BCUT2D eigenvalue weighted by atomic mass is 10.0. The van der Waals surface area contributed by atoms with Crippen molar-refractivity contribution < 1.29 is 51.5 Å². The molecule has 1 aliphatic rings. The first-order chi connectivity index (χ1) is 21.8. The molecule has 0 spiro atoms. The van der Waals surface area contributed by atoms with E-state index >= 15 is 0 Å². The predicted molar refractivity (Wildman–Crippen MR) is 156 cm³/mol. The van der Waals surface area contributed by atoms with E-state index in [4.69, 9.17) is 9.47 Å². The van der Waals surface area contributed by atoms with Crippen molar-refractivity contribution in [2.75, 3.05) is 18.6 Å². The maximum absolute atomic E-state index is 13.4. The number of esters is 1. The van der Waals surface area contributed by atoms with Crippen molar-refractivity contribution >= 4 is 41.3 Å². The molecule has 0 atom stereocenters. The Balaban J connectivity index is 1.78. The highest BCUT2D eigenvalue weighted by Crippen LogP contribution is 2.42. The smallest absolute Gasteiger partial charge is 0.416 e. The highest BCUT2D eigenvalue weighted by molar-refractivity contribution is 6.39. The highest BCUT2D eigenvalue weighted by Gasteiger charge is 2.37. The number of nitrogens with zero attached hydrogens (tertiary/aromatic N) is 2. The maximum Gasteiger partial charge on any atom is 0.416 e. The molecule has 0 unspecified atom stereocenters. The summed E-state index contributed by atoms with van der Waals surface area (Å²) in [5.41, 5.74) is -1.92. The van der Waals surface area contributed by atoms with Crippen LogP contribution in [-0.2, 0) is 26.9 Å². The van der Waals surface area contributed by atoms with Gasteiger partial charge < -0.3 is 14.2 Å². The van der Waals surface area contributed by atoms with Crippen LogP contribution < -0.4 is 19.7 Å². The molecular formula is C31H24F3N3O9. The summed E-state index contributed by atoms with van der Waals surface area (Å²) in [6, 6.07) is 8.88. The Labute approximate surface area is 258 Å². The summed E-state index contributed by atoms with van der Waals surface area (Å²) in [6.07, 6.45) is -2.14. The number of benzene rings is 3. The molecule has 15 heteroatoms. The van der Waals surface area contributed by atoms with Crippen molar-refractivity contribution in [2.45, 2.75) is 19.5 Å². The molecule has 1 heterocycles. The van der Waals surface area contributed by atoms with Gasteiger partial charge in [-0.1, -0.05) is 6.08 Å². The number of halogens is 3. The minimum atomic E-state index is -4.83. The van der Waals surface area contributed by atoms with Crippen molar-refractivity contribution in [2.24, 2.45) is 0 Å². The molecule has 46 heavy (non-hydrogen) atoms. The van der Waals surface area contributed by atoms with E-state index in [0.29, 0.717) is 17.0 Å². The van der Waals surface area contributed by atoms with E-state index in [0.717, 1.165) is 6.07 Å². The average molecular weight is 640 g/mol. The summed E-state index contributed by atoms with van der Waals surface area (Å²) in [4.78, 5) is 61.9. The number of urea groups is 1. The third-order valence-corrected chi connectivity index (χ3v) is 6.47. The Hall–Kier alpha value is -5.99. The number of nitro groups is 1. The van der Waals surface area contributed by atoms with Crippen molar-refractivity contribution in [1.82, 2.24) is 5.32 Å². The highest BCUT2D eigenvalue weighted by atomic mass is 19.4. The van der Waals surface area contributed by atoms with Gasteiger partial charge in [0.15, 0.2) is 11.5 Å². The molecule has 0 bridgehead atoms. The Morgan fingerprint density at radius 3 is 2.35 bits per heavy atom. The number of hydrogen-bond acceptors (Lipinski definition) is 9. The summed E-state index contributed by atoms with van der Waals surface area (Å²) in [7, 11) is 1.19. The lowest BCUT2D eigenvalue weighted by molar-refractivity contribution is -0.385. The molecule has 3 aromatic carbocycles. The van der Waals surface area contributed by atoms with Gasteiger partial charge in [0.2, 0.25) is 5.75 Å². The van der Waals surface area contributed by atoms with Crippen LogP contribution in [0.15, 0.2) is 72.8 Å². The Kier molecular flexibility index (Phi) is 9.54. The van der Waals surface area contributed by atoms with Gasteiger partial charge in [-0.2, -0.15) is 13.2 Å². The first-order valence-electron chi connectivity index (χ1n) is 13.3. The lowest BCUT2D eigenvalue weighted by Gasteiger charge is -2.26. The topological polar surface area (TPSA) is 154 Å². The zero-order valence-corrected chi connectivity index (χ0v) is 24.2. The third-order valence-electron chi connectivity index (χ3n) is 6.47. The van der Waals surface area contributed by atoms with Crippen LogP contribution in [0.4, 0.5) is 29.3 Å². The molecule has 0 aromatic heterocycles. The summed E-state index contributed by atoms with van der Waals surface area (Å²) in [5.74, 6) is -3.21. The molecule has 1 N–H and O–H groups in total. The second kappa shape index (κ2) is 13.3. The number of imide groups is 2. The van der Waals surface area contributed by atoms with E-state index in [1.54, 1.807) is 6.92 Å². The number of nitrogens with one attached hydrogen (secondary N) is 1. The van der Waals surface area contributed by atoms with E-state index < -0.39 is 57.5 Å². The molecule has 1 saturated heterocycles. The molecule has 0 radical (unpaired) electrons. The van der Waals surface area contributed by atoms with Crippen LogP contribution in [0, 0.1) is 10.1 Å². The van der Waals surface area contributed by atoms with Gasteiger partial charge in [-0.05, 0) is 73.5 Å². The molecular weight excluding hydrogens is 615 g/mol. The van der Waals surface area contributed by atoms with Gasteiger partial charge in [0.1, 0.15) is 5.57 Å². The van der Waals surface area contributed by atoms with Crippen LogP contribution in [0.5, 0.6) is 17.2 Å². The number of carbonyl (C=O) groups is 4. The van der Waals surface area contributed by atoms with Gasteiger partial charge in [-0.25, -0.2) is 14.5 Å². The number of anilines is 1. The van der Waals surface area contributed by atoms with E-state index in [1.807, 2.05) is 0 Å². The monoisotopic (exact) mass is 639 g/mol. The fourth-order valence-corrected chi connectivity index (χ4v) is 4.41. The van der Waals surface area contributed by atoms with Gasteiger partial charge in [-0.3, -0.25) is 25.0 Å². The standard InChI is InChI=1S/C31H24F3N3O9/c1-4-6-19-13-17(14-22-27(38)35-30(41)36(28(22)39)21-10-7-18(8-11-21)29(40)44-3)15-25(45-5-2)26(19)46-24-12-9-20(31(32,33)34)16-23(24)37(42)43/h4,7-16H,1,5-6H2,2-3H3,(H,35,38,41)/b22-14+. The largest absolute Gasteiger partial charge is 0.490 e. The SMILES string of the molecule is C=CCc1cc(/C=C2\C(=O)NC(=O)N(c3ccc(C(=O)OC)cc3)C2=O)cc(OCC)c1Oc1ccc(C(F)(F)F)cc1[N+](=O)[O-]. The van der Waals surface area contributed by atoms with Crippen molar-refractivity contribution in [3.8, 4) is 17.2 Å². The van der Waals surface area contributed by atoms with Gasteiger partial charge in [0.05, 0.1) is 35.5 Å². The number of hydrogen-bond donors (Lipinski definition) is 1. The van der Waals surface area contributed by atoms with Crippen LogP contribution in [-0.4, -0.2) is 42.5 Å². The Morgan fingerprint density at radius 1 is 1.07 bits per heavy atom. The molecule has 4 amide bonds. The molecule has 12 nitrogen and oxygen atoms in total. The molecule has 3 aromatic rings. The number of ether oxygens (including phenoxy) is 3. The van der Waals surface area contributed by atoms with E-state index in [9.17, 15) is 42.5 Å². The van der Waals surface area contributed by atoms with Crippen LogP contribution in [0.2, 0.25) is 0 Å². The van der Waals surface area contributed by atoms with Gasteiger partial charge in [0, 0.05) is 11.6 Å². The summed E-state index contributed by atoms with van der Waals surface area (Å²) >= 11 is 0. The summed E-state index contributed by atoms with van der Waals surface area (Å²) in [5, 5.41) is 13.7. The van der Waals surface area contributed by atoms with E-state index in [2.05, 4.69) is 16.6 Å². The number of rotatable bonds is 10.